The molecule has 0 bridgehead atoms. The van der Waals surface area contributed by atoms with Gasteiger partial charge in [-0.3, -0.25) is 4.79 Å². The van der Waals surface area contributed by atoms with Crippen LogP contribution in [0.15, 0.2) is 23.1 Å². The number of hydrogen-bond donors (Lipinski definition) is 2. The van der Waals surface area contributed by atoms with E-state index in [-0.39, 0.29) is 5.56 Å². The Balaban J connectivity index is 2.14. The van der Waals surface area contributed by atoms with Crippen LogP contribution in [0.3, 0.4) is 0 Å². The van der Waals surface area contributed by atoms with Crippen LogP contribution < -0.4 is 10.9 Å². The Kier molecular flexibility index (Phi) is 6.58. The molecule has 0 saturated heterocycles. The van der Waals surface area contributed by atoms with E-state index in [0.717, 1.165) is 44.7 Å². The fourth-order valence-electron chi connectivity index (χ4n) is 1.80. The van der Waals surface area contributed by atoms with E-state index in [2.05, 4.69) is 29.0 Å². The van der Waals surface area contributed by atoms with Crippen LogP contribution in [0.5, 0.6) is 0 Å². The Labute approximate surface area is 103 Å². The normalized spacial score (nSPS) is 11.0. The summed E-state index contributed by atoms with van der Waals surface area (Å²) in [7, 11) is 0. The van der Waals surface area contributed by atoms with E-state index in [4.69, 9.17) is 0 Å². The fourth-order valence-corrected chi connectivity index (χ4v) is 1.80. The van der Waals surface area contributed by atoms with Gasteiger partial charge < -0.3 is 15.2 Å². The predicted molar refractivity (Wildman–Crippen MR) is 71.2 cm³/mol. The third-order valence-electron chi connectivity index (χ3n) is 2.89. The highest BCUT2D eigenvalue weighted by molar-refractivity contribution is 5.09. The highest BCUT2D eigenvalue weighted by atomic mass is 16.1. The third kappa shape index (κ3) is 5.65. The van der Waals surface area contributed by atoms with Crippen molar-refractivity contribution in [3.8, 4) is 0 Å². The lowest BCUT2D eigenvalue weighted by molar-refractivity contribution is 0.298. The molecule has 17 heavy (non-hydrogen) atoms. The quantitative estimate of drug-likeness (QED) is 0.668. The van der Waals surface area contributed by atoms with Gasteiger partial charge in [-0.05, 0) is 44.2 Å². The monoisotopic (exact) mass is 237 g/mol. The van der Waals surface area contributed by atoms with Crippen molar-refractivity contribution in [2.75, 3.05) is 26.2 Å². The van der Waals surface area contributed by atoms with Gasteiger partial charge in [-0.1, -0.05) is 13.8 Å². The molecule has 1 aromatic rings. The third-order valence-corrected chi connectivity index (χ3v) is 2.89. The number of nitrogens with zero attached hydrogens (tertiary/aromatic N) is 1. The molecule has 0 radical (unpaired) electrons. The molecule has 0 unspecified atom stereocenters. The zero-order valence-electron chi connectivity index (χ0n) is 10.8. The van der Waals surface area contributed by atoms with Crippen molar-refractivity contribution in [2.24, 2.45) is 0 Å². The first-order valence-electron chi connectivity index (χ1n) is 6.37. The molecule has 0 aliphatic heterocycles. The molecule has 2 N–H and O–H groups in total. The second-order valence-corrected chi connectivity index (χ2v) is 4.12. The van der Waals surface area contributed by atoms with Crippen molar-refractivity contribution in [3.63, 3.8) is 0 Å². The zero-order valence-corrected chi connectivity index (χ0v) is 10.8. The van der Waals surface area contributed by atoms with Gasteiger partial charge in [0.25, 0.3) is 0 Å². The molecule has 0 saturated carbocycles. The van der Waals surface area contributed by atoms with Gasteiger partial charge in [0.15, 0.2) is 0 Å². The van der Waals surface area contributed by atoms with Gasteiger partial charge in [-0.25, -0.2) is 0 Å². The number of hydrogen-bond acceptors (Lipinski definition) is 3. The maximum Gasteiger partial charge on any atom is 0.248 e. The zero-order chi connectivity index (χ0) is 12.5. The first-order valence-corrected chi connectivity index (χ1v) is 6.37. The van der Waals surface area contributed by atoms with E-state index in [1.54, 1.807) is 12.3 Å². The molecular weight excluding hydrogens is 214 g/mol. The molecule has 0 aliphatic carbocycles. The van der Waals surface area contributed by atoms with E-state index in [0.29, 0.717) is 0 Å². The number of nitrogens with one attached hydrogen (secondary N) is 2. The molecule has 0 aliphatic rings. The molecular formula is C13H23N3O. The SMILES string of the molecule is CCN(CC)CCCNCc1cc[nH]c(=O)c1. The first kappa shape index (κ1) is 13.9. The van der Waals surface area contributed by atoms with E-state index in [1.807, 2.05) is 6.07 Å². The molecule has 1 aromatic heterocycles. The summed E-state index contributed by atoms with van der Waals surface area (Å²) in [4.78, 5) is 16.1. The van der Waals surface area contributed by atoms with Gasteiger partial charge in [0.1, 0.15) is 0 Å². The molecule has 0 aromatic carbocycles. The summed E-state index contributed by atoms with van der Waals surface area (Å²) < 4.78 is 0. The number of rotatable bonds is 8. The van der Waals surface area contributed by atoms with Gasteiger partial charge in [0.2, 0.25) is 5.56 Å². The fraction of sp³-hybridized carbons (Fsp3) is 0.615. The smallest absolute Gasteiger partial charge is 0.248 e. The Morgan fingerprint density at radius 1 is 1.35 bits per heavy atom. The van der Waals surface area contributed by atoms with Crippen molar-refractivity contribution in [3.05, 3.63) is 34.2 Å². The molecule has 96 valence electrons. The Bertz CT molecular complexity index is 358. The number of pyridine rings is 1. The molecule has 4 heteroatoms. The predicted octanol–water partition coefficient (Wildman–Crippen LogP) is 1.20. The number of aromatic amines is 1. The average Bonchev–Trinajstić information content (AvgIpc) is 2.34. The Morgan fingerprint density at radius 3 is 2.76 bits per heavy atom. The van der Waals surface area contributed by atoms with Crippen molar-refractivity contribution in [1.82, 2.24) is 15.2 Å². The second-order valence-electron chi connectivity index (χ2n) is 4.12. The van der Waals surface area contributed by atoms with Crippen molar-refractivity contribution >= 4 is 0 Å². The van der Waals surface area contributed by atoms with Crippen LogP contribution in [0.1, 0.15) is 25.8 Å². The lowest BCUT2D eigenvalue weighted by atomic mass is 10.2. The van der Waals surface area contributed by atoms with Crippen molar-refractivity contribution < 1.29 is 0 Å². The van der Waals surface area contributed by atoms with Crippen LogP contribution in [0.2, 0.25) is 0 Å². The molecule has 0 fully saturated rings. The van der Waals surface area contributed by atoms with Crippen molar-refractivity contribution in [2.45, 2.75) is 26.8 Å². The van der Waals surface area contributed by atoms with E-state index < -0.39 is 0 Å². The number of H-pyrrole nitrogens is 1. The summed E-state index contributed by atoms with van der Waals surface area (Å²) in [5.41, 5.74) is 1.00. The lowest BCUT2D eigenvalue weighted by Gasteiger charge is -2.17. The summed E-state index contributed by atoms with van der Waals surface area (Å²) in [5, 5.41) is 3.35. The highest BCUT2D eigenvalue weighted by Crippen LogP contribution is 1.93. The van der Waals surface area contributed by atoms with E-state index in [1.165, 1.54) is 0 Å². The largest absolute Gasteiger partial charge is 0.329 e. The van der Waals surface area contributed by atoms with E-state index in [9.17, 15) is 4.79 Å². The highest BCUT2D eigenvalue weighted by Gasteiger charge is 1.98. The maximum absolute atomic E-state index is 11.1. The summed E-state index contributed by atoms with van der Waals surface area (Å²) >= 11 is 0. The number of aromatic nitrogens is 1. The van der Waals surface area contributed by atoms with Gasteiger partial charge in [0, 0.05) is 18.8 Å². The minimum Gasteiger partial charge on any atom is -0.329 e. The van der Waals surface area contributed by atoms with Gasteiger partial charge >= 0.3 is 0 Å². The summed E-state index contributed by atoms with van der Waals surface area (Å²) in [6.45, 7) is 9.50. The minimum absolute atomic E-state index is 0.0348. The first-order chi connectivity index (χ1) is 8.26. The molecule has 4 nitrogen and oxygen atoms in total. The summed E-state index contributed by atoms with van der Waals surface area (Å²) in [6.07, 6.45) is 2.83. The second kappa shape index (κ2) is 8.03. The molecule has 1 heterocycles. The van der Waals surface area contributed by atoms with Gasteiger partial charge in [-0.2, -0.15) is 0 Å². The van der Waals surface area contributed by atoms with Crippen molar-refractivity contribution in [1.29, 1.82) is 0 Å². The molecule has 0 atom stereocenters. The Morgan fingerprint density at radius 2 is 2.12 bits per heavy atom. The molecule has 0 spiro atoms. The summed E-state index contributed by atoms with van der Waals surface area (Å²) in [5.74, 6) is 0. The lowest BCUT2D eigenvalue weighted by Crippen LogP contribution is -2.27. The maximum atomic E-state index is 11.1. The van der Waals surface area contributed by atoms with Gasteiger partial charge in [-0.15, -0.1) is 0 Å². The average molecular weight is 237 g/mol. The topological polar surface area (TPSA) is 48.1 Å². The minimum atomic E-state index is -0.0348. The Hall–Kier alpha value is -1.13. The standard InChI is InChI=1S/C13H23N3O/c1-3-16(4-2)9-5-7-14-11-12-6-8-15-13(17)10-12/h6,8,10,14H,3-5,7,9,11H2,1-2H3,(H,15,17). The van der Waals surface area contributed by atoms with Crippen LogP contribution >= 0.6 is 0 Å². The van der Waals surface area contributed by atoms with E-state index >= 15 is 0 Å². The molecule has 0 amide bonds. The van der Waals surface area contributed by atoms with Crippen LogP contribution in [-0.4, -0.2) is 36.1 Å². The van der Waals surface area contributed by atoms with Gasteiger partial charge in [0.05, 0.1) is 0 Å². The van der Waals surface area contributed by atoms with Crippen LogP contribution in [0.25, 0.3) is 0 Å². The molecule has 1 rings (SSSR count). The van der Waals surface area contributed by atoms with Crippen LogP contribution in [-0.2, 0) is 6.54 Å². The van der Waals surface area contributed by atoms with Crippen LogP contribution in [0, 0.1) is 0 Å². The summed E-state index contributed by atoms with van der Waals surface area (Å²) in [6, 6.07) is 3.57. The van der Waals surface area contributed by atoms with Crippen LogP contribution in [0.4, 0.5) is 0 Å².